The van der Waals surface area contributed by atoms with Crippen molar-refractivity contribution in [3.05, 3.63) is 93.4 Å². The Morgan fingerprint density at radius 2 is 1.83 bits per heavy atom. The Morgan fingerprint density at radius 1 is 1.14 bits per heavy atom. The number of amides is 1. The average molecular weight is 513 g/mol. The zero-order chi connectivity index (χ0) is 25.4. The fraction of sp³-hybridized carbons (Fsp3) is 0.160. The molecule has 0 atom stereocenters. The molecule has 2 aromatic carbocycles. The van der Waals surface area contributed by atoms with Crippen LogP contribution in [-0.4, -0.2) is 30.3 Å². The second-order valence-electron chi connectivity index (χ2n) is 7.60. The van der Waals surface area contributed by atoms with Crippen LogP contribution in [0, 0.1) is 5.41 Å². The zero-order valence-electron chi connectivity index (χ0n) is 19.3. The van der Waals surface area contributed by atoms with Gasteiger partial charge in [-0.3, -0.25) is 4.79 Å². The smallest absolute Gasteiger partial charge is 0.258 e. The first-order valence-electron chi connectivity index (χ1n) is 10.6. The molecule has 0 radical (unpaired) electrons. The normalized spacial score (nSPS) is 11.0. The number of rotatable bonds is 10. The predicted octanol–water partition coefficient (Wildman–Crippen LogP) is 5.04. The van der Waals surface area contributed by atoms with E-state index in [0.717, 1.165) is 11.3 Å². The summed E-state index contributed by atoms with van der Waals surface area (Å²) in [5.41, 5.74) is 8.89. The van der Waals surface area contributed by atoms with E-state index in [1.54, 1.807) is 44.5 Å². The first-order chi connectivity index (χ1) is 16.8. The van der Waals surface area contributed by atoms with Crippen LogP contribution in [0.3, 0.4) is 0 Å². The number of halogens is 2. The number of aromatic nitrogens is 1. The summed E-state index contributed by atoms with van der Waals surface area (Å²) in [6, 6.07) is 14.4. The van der Waals surface area contributed by atoms with Gasteiger partial charge in [0.2, 0.25) is 0 Å². The number of hydrogen-bond acceptors (Lipinski definition) is 7. The minimum atomic E-state index is -0.444. The van der Waals surface area contributed by atoms with Crippen LogP contribution in [0.1, 0.15) is 28.4 Å². The first kappa shape index (κ1) is 25.9. The minimum absolute atomic E-state index is 0.127. The highest BCUT2D eigenvalue weighted by atomic mass is 35.5. The fourth-order valence-corrected chi connectivity index (χ4v) is 3.63. The number of nitrogens with zero attached hydrogens (tertiary/aromatic N) is 1. The lowest BCUT2D eigenvalue weighted by atomic mass is 10.1. The summed E-state index contributed by atoms with van der Waals surface area (Å²) in [7, 11) is 1.63. The average Bonchev–Trinajstić information content (AvgIpc) is 2.84. The number of ether oxygens (including phenoxy) is 1. The van der Waals surface area contributed by atoms with E-state index in [2.05, 4.69) is 20.9 Å². The number of carbonyl (C=O) groups is 1. The molecule has 1 amide bonds. The van der Waals surface area contributed by atoms with Crippen LogP contribution in [0.4, 0.5) is 11.5 Å². The van der Waals surface area contributed by atoms with Crippen molar-refractivity contribution >= 4 is 46.3 Å². The van der Waals surface area contributed by atoms with E-state index in [0.29, 0.717) is 34.3 Å². The molecule has 0 saturated heterocycles. The first-order valence-corrected chi connectivity index (χ1v) is 11.4. The maximum Gasteiger partial charge on any atom is 0.258 e. The molecule has 1 aromatic heterocycles. The molecule has 0 fully saturated rings. The molecule has 6 N–H and O–H groups in total. The van der Waals surface area contributed by atoms with Gasteiger partial charge in [0.05, 0.1) is 29.8 Å². The fourth-order valence-electron chi connectivity index (χ4n) is 3.14. The molecule has 3 rings (SSSR count). The van der Waals surface area contributed by atoms with Crippen molar-refractivity contribution < 1.29 is 9.53 Å². The van der Waals surface area contributed by atoms with E-state index in [-0.39, 0.29) is 22.8 Å². The van der Waals surface area contributed by atoms with E-state index >= 15 is 0 Å². The lowest BCUT2D eigenvalue weighted by Gasteiger charge is -2.15. The Bertz CT molecular complexity index is 1230. The van der Waals surface area contributed by atoms with Gasteiger partial charge in [-0.05, 0) is 48.9 Å². The van der Waals surface area contributed by atoms with Crippen LogP contribution >= 0.6 is 23.2 Å². The molecule has 10 heteroatoms. The van der Waals surface area contributed by atoms with Crippen molar-refractivity contribution in [2.45, 2.75) is 13.5 Å². The number of nitrogens with one attached hydrogen (secondary N) is 4. The van der Waals surface area contributed by atoms with Crippen molar-refractivity contribution in [1.29, 1.82) is 5.41 Å². The summed E-state index contributed by atoms with van der Waals surface area (Å²) in [5.74, 6) is 0.711. The maximum atomic E-state index is 12.7. The number of carbonyl (C=O) groups excluding carboxylic acids is 1. The molecule has 0 aliphatic rings. The number of pyridine rings is 1. The Balaban J connectivity index is 1.65. The van der Waals surface area contributed by atoms with Gasteiger partial charge < -0.3 is 31.8 Å². The molecule has 35 heavy (non-hydrogen) atoms. The summed E-state index contributed by atoms with van der Waals surface area (Å²) >= 11 is 12.4. The van der Waals surface area contributed by atoms with Crippen LogP contribution < -0.4 is 26.4 Å². The predicted molar refractivity (Wildman–Crippen MR) is 142 cm³/mol. The Labute approximate surface area is 214 Å². The van der Waals surface area contributed by atoms with Gasteiger partial charge in [-0.2, -0.15) is 0 Å². The Kier molecular flexibility index (Phi) is 8.94. The van der Waals surface area contributed by atoms with Crippen molar-refractivity contribution in [2.24, 2.45) is 5.73 Å². The lowest BCUT2D eigenvalue weighted by molar-refractivity contribution is 0.102. The number of benzene rings is 2. The molecule has 0 saturated carbocycles. The number of hydrogen-bond donors (Lipinski definition) is 5. The molecular formula is C25H26Cl2N6O2. The lowest BCUT2D eigenvalue weighted by Crippen LogP contribution is -2.19. The quantitative estimate of drug-likeness (QED) is 0.242. The van der Waals surface area contributed by atoms with Crippen LogP contribution in [0.2, 0.25) is 10.0 Å². The van der Waals surface area contributed by atoms with Gasteiger partial charge in [0, 0.05) is 41.1 Å². The maximum absolute atomic E-state index is 12.7. The van der Waals surface area contributed by atoms with Gasteiger partial charge in [-0.15, -0.1) is 0 Å². The highest BCUT2D eigenvalue weighted by molar-refractivity contribution is 6.38. The largest absolute Gasteiger partial charge is 0.497 e. The molecular weight excluding hydrogens is 487 g/mol. The molecule has 0 unspecified atom stereocenters. The molecule has 8 nitrogen and oxygen atoms in total. The summed E-state index contributed by atoms with van der Waals surface area (Å²) in [6.07, 6.45) is 3.06. The number of anilines is 2. The summed E-state index contributed by atoms with van der Waals surface area (Å²) in [4.78, 5) is 17.1. The highest BCUT2D eigenvalue weighted by Crippen LogP contribution is 2.28. The third-order valence-corrected chi connectivity index (χ3v) is 5.59. The van der Waals surface area contributed by atoms with Crippen LogP contribution in [0.5, 0.6) is 5.75 Å². The van der Waals surface area contributed by atoms with Crippen LogP contribution in [-0.2, 0) is 6.54 Å². The van der Waals surface area contributed by atoms with Crippen molar-refractivity contribution in [1.82, 2.24) is 10.3 Å². The van der Waals surface area contributed by atoms with Crippen molar-refractivity contribution in [2.75, 3.05) is 24.3 Å². The van der Waals surface area contributed by atoms with Crippen LogP contribution in [0.25, 0.3) is 0 Å². The second-order valence-corrected chi connectivity index (χ2v) is 8.41. The second kappa shape index (κ2) is 12.1. The van der Waals surface area contributed by atoms with Crippen molar-refractivity contribution in [3.63, 3.8) is 0 Å². The van der Waals surface area contributed by atoms with Crippen LogP contribution in [0.15, 0.2) is 66.6 Å². The number of methoxy groups -OCH3 is 1. The molecule has 0 aliphatic heterocycles. The topological polar surface area (TPSA) is 125 Å². The molecule has 0 spiro atoms. The molecule has 3 aromatic rings. The highest BCUT2D eigenvalue weighted by Gasteiger charge is 2.20. The third kappa shape index (κ3) is 7.11. The molecule has 1 heterocycles. The Hall–Kier alpha value is -3.75. The molecule has 182 valence electrons. The van der Waals surface area contributed by atoms with E-state index in [4.69, 9.17) is 39.1 Å². The van der Waals surface area contributed by atoms with Gasteiger partial charge in [-0.1, -0.05) is 35.3 Å². The van der Waals surface area contributed by atoms with Gasteiger partial charge >= 0.3 is 0 Å². The molecule has 0 bridgehead atoms. The van der Waals surface area contributed by atoms with Gasteiger partial charge in [-0.25, -0.2) is 4.98 Å². The SMILES string of the molecule is COc1ccc(CN/C=C(\N)CNc2ncc(C(=O)Nc3ccc(Cl)cc3)c(Cl)c2C(C)=N)cc1. The summed E-state index contributed by atoms with van der Waals surface area (Å²) in [5, 5.41) is 17.8. The van der Waals surface area contributed by atoms with E-state index < -0.39 is 5.91 Å². The summed E-state index contributed by atoms with van der Waals surface area (Å²) in [6.45, 7) is 2.43. The standard InChI is InChI=1S/C25H26Cl2N6O2/c1-15(28)22-23(27)21(25(34)33-19-7-5-17(26)6-8-19)14-32-24(22)31-13-18(29)12-30-11-16-3-9-20(35-2)10-4-16/h3-10,12,14,28,30H,11,13,29H2,1-2H3,(H,31,32)(H,33,34)/b18-12-,28-15?. The Morgan fingerprint density at radius 3 is 2.46 bits per heavy atom. The van der Waals surface area contributed by atoms with Gasteiger partial charge in [0.25, 0.3) is 5.91 Å². The van der Waals surface area contributed by atoms with Crippen molar-refractivity contribution in [3.8, 4) is 5.75 Å². The summed E-state index contributed by atoms with van der Waals surface area (Å²) < 4.78 is 5.15. The minimum Gasteiger partial charge on any atom is -0.497 e. The van der Waals surface area contributed by atoms with Gasteiger partial charge in [0.15, 0.2) is 0 Å². The van der Waals surface area contributed by atoms with E-state index in [1.165, 1.54) is 6.20 Å². The zero-order valence-corrected chi connectivity index (χ0v) is 20.8. The van der Waals surface area contributed by atoms with E-state index in [9.17, 15) is 4.79 Å². The third-order valence-electron chi connectivity index (χ3n) is 4.95. The molecule has 0 aliphatic carbocycles. The number of nitrogens with two attached hydrogens (primary N) is 1. The monoisotopic (exact) mass is 512 g/mol. The van der Waals surface area contributed by atoms with E-state index in [1.807, 2.05) is 24.3 Å². The van der Waals surface area contributed by atoms with Gasteiger partial charge in [0.1, 0.15) is 11.6 Å².